The summed E-state index contributed by atoms with van der Waals surface area (Å²) in [4.78, 5) is 23.6. The SMILES string of the molecule is CCOC(=O)C(C)(C)n1cc(NC(=O)C(C)(C)N)cn1.Cl. The Balaban J connectivity index is 0.00000400. The van der Waals surface area contributed by atoms with Gasteiger partial charge in [0.25, 0.3) is 0 Å². The van der Waals surface area contributed by atoms with Gasteiger partial charge in [-0.25, -0.2) is 4.79 Å². The van der Waals surface area contributed by atoms with Crippen LogP contribution in [-0.2, 0) is 19.9 Å². The zero-order valence-corrected chi connectivity index (χ0v) is 13.8. The van der Waals surface area contributed by atoms with Crippen LogP contribution in [0.2, 0.25) is 0 Å². The third kappa shape index (κ3) is 4.71. The van der Waals surface area contributed by atoms with Crippen molar-refractivity contribution in [1.82, 2.24) is 9.78 Å². The van der Waals surface area contributed by atoms with Crippen molar-refractivity contribution in [2.75, 3.05) is 11.9 Å². The van der Waals surface area contributed by atoms with Crippen molar-refractivity contribution in [3.63, 3.8) is 0 Å². The van der Waals surface area contributed by atoms with E-state index in [1.807, 2.05) is 0 Å². The zero-order chi connectivity index (χ0) is 15.6. The first-order valence-electron chi connectivity index (χ1n) is 6.41. The fourth-order valence-electron chi connectivity index (χ4n) is 1.39. The Labute approximate surface area is 130 Å². The van der Waals surface area contributed by atoms with Crippen LogP contribution in [0.1, 0.15) is 34.6 Å². The molecule has 1 rings (SSSR count). The number of hydrogen-bond donors (Lipinski definition) is 2. The van der Waals surface area contributed by atoms with Gasteiger partial charge in [-0.1, -0.05) is 0 Å². The van der Waals surface area contributed by atoms with E-state index in [0.717, 1.165) is 0 Å². The number of carbonyl (C=O) groups is 2. The fourth-order valence-corrected chi connectivity index (χ4v) is 1.39. The lowest BCUT2D eigenvalue weighted by molar-refractivity contribution is -0.152. The second kappa shape index (κ2) is 6.91. The molecule has 0 radical (unpaired) electrons. The highest BCUT2D eigenvalue weighted by molar-refractivity contribution is 5.97. The van der Waals surface area contributed by atoms with Gasteiger partial charge in [-0.15, -0.1) is 12.4 Å². The number of anilines is 1. The number of hydrogen-bond acceptors (Lipinski definition) is 5. The molecule has 0 aromatic carbocycles. The summed E-state index contributed by atoms with van der Waals surface area (Å²) in [6, 6.07) is 0. The van der Waals surface area contributed by atoms with Crippen molar-refractivity contribution in [3.05, 3.63) is 12.4 Å². The molecule has 0 aliphatic rings. The number of aromatic nitrogens is 2. The van der Waals surface area contributed by atoms with E-state index >= 15 is 0 Å². The quantitative estimate of drug-likeness (QED) is 0.797. The van der Waals surface area contributed by atoms with Crippen molar-refractivity contribution in [2.45, 2.75) is 45.7 Å². The smallest absolute Gasteiger partial charge is 0.333 e. The van der Waals surface area contributed by atoms with Gasteiger partial charge >= 0.3 is 5.97 Å². The Bertz CT molecular complexity index is 506. The lowest BCUT2D eigenvalue weighted by Crippen LogP contribution is -2.45. The normalized spacial score (nSPS) is 11.5. The summed E-state index contributed by atoms with van der Waals surface area (Å²) >= 11 is 0. The van der Waals surface area contributed by atoms with Crippen LogP contribution in [-0.4, -0.2) is 33.8 Å². The number of esters is 1. The number of amides is 1. The van der Waals surface area contributed by atoms with E-state index in [1.165, 1.54) is 10.9 Å². The van der Waals surface area contributed by atoms with Gasteiger partial charge in [0.15, 0.2) is 5.54 Å². The molecule has 7 nitrogen and oxygen atoms in total. The van der Waals surface area contributed by atoms with E-state index in [9.17, 15) is 9.59 Å². The predicted molar refractivity (Wildman–Crippen MR) is 82.3 cm³/mol. The second-order valence-corrected chi connectivity index (χ2v) is 5.63. The third-order valence-electron chi connectivity index (χ3n) is 2.77. The molecular formula is C13H23ClN4O3. The minimum Gasteiger partial charge on any atom is -0.464 e. The zero-order valence-electron chi connectivity index (χ0n) is 13.0. The Kier molecular flexibility index (Phi) is 6.38. The Hall–Kier alpha value is -1.60. The fraction of sp³-hybridized carbons (Fsp3) is 0.615. The van der Waals surface area contributed by atoms with E-state index in [1.54, 1.807) is 40.8 Å². The van der Waals surface area contributed by atoms with Crippen molar-refractivity contribution in [2.24, 2.45) is 5.73 Å². The molecule has 1 aromatic rings. The molecule has 0 saturated carbocycles. The average molecular weight is 319 g/mol. The maximum atomic E-state index is 11.9. The van der Waals surface area contributed by atoms with Crippen LogP contribution in [0.5, 0.6) is 0 Å². The van der Waals surface area contributed by atoms with E-state index in [4.69, 9.17) is 10.5 Å². The highest BCUT2D eigenvalue weighted by atomic mass is 35.5. The van der Waals surface area contributed by atoms with Gasteiger partial charge in [0, 0.05) is 6.20 Å². The molecule has 120 valence electrons. The standard InChI is InChI=1S/C13H22N4O3.ClH/c1-6-20-11(19)13(4,5)17-8-9(7-15-17)16-10(18)12(2,3)14;/h7-8H,6,14H2,1-5H3,(H,16,18);1H. The van der Waals surface area contributed by atoms with E-state index in [2.05, 4.69) is 10.4 Å². The van der Waals surface area contributed by atoms with Crippen molar-refractivity contribution >= 4 is 30.0 Å². The van der Waals surface area contributed by atoms with Gasteiger partial charge in [-0.3, -0.25) is 9.48 Å². The van der Waals surface area contributed by atoms with Gasteiger partial charge in [0.2, 0.25) is 5.91 Å². The first kappa shape index (κ1) is 19.4. The summed E-state index contributed by atoms with van der Waals surface area (Å²) in [7, 11) is 0. The molecule has 0 atom stereocenters. The molecule has 0 saturated heterocycles. The number of halogens is 1. The van der Waals surface area contributed by atoms with Crippen molar-refractivity contribution in [3.8, 4) is 0 Å². The molecule has 0 aliphatic carbocycles. The number of nitrogens with two attached hydrogens (primary N) is 1. The molecule has 0 fully saturated rings. The second-order valence-electron chi connectivity index (χ2n) is 5.63. The average Bonchev–Trinajstić information content (AvgIpc) is 2.77. The maximum Gasteiger partial charge on any atom is 0.333 e. The van der Waals surface area contributed by atoms with E-state index in [0.29, 0.717) is 12.3 Å². The van der Waals surface area contributed by atoms with Gasteiger partial charge in [0.1, 0.15) is 0 Å². The summed E-state index contributed by atoms with van der Waals surface area (Å²) in [5, 5.41) is 6.73. The van der Waals surface area contributed by atoms with Crippen LogP contribution in [0.4, 0.5) is 5.69 Å². The first-order valence-corrected chi connectivity index (χ1v) is 6.41. The Morgan fingerprint density at radius 3 is 2.43 bits per heavy atom. The summed E-state index contributed by atoms with van der Waals surface area (Å²) in [6.07, 6.45) is 3.03. The Morgan fingerprint density at radius 1 is 1.38 bits per heavy atom. The number of ether oxygens (including phenoxy) is 1. The lowest BCUT2D eigenvalue weighted by atomic mass is 10.1. The molecule has 3 N–H and O–H groups in total. The predicted octanol–water partition coefficient (Wildman–Crippen LogP) is 1.28. The van der Waals surface area contributed by atoms with Crippen LogP contribution in [0.15, 0.2) is 12.4 Å². The van der Waals surface area contributed by atoms with Gasteiger partial charge in [-0.2, -0.15) is 5.10 Å². The largest absolute Gasteiger partial charge is 0.464 e. The molecule has 1 amide bonds. The monoisotopic (exact) mass is 318 g/mol. The van der Waals surface area contributed by atoms with Crippen LogP contribution < -0.4 is 11.1 Å². The van der Waals surface area contributed by atoms with E-state index in [-0.39, 0.29) is 24.3 Å². The first-order chi connectivity index (χ1) is 9.09. The van der Waals surface area contributed by atoms with Crippen molar-refractivity contribution in [1.29, 1.82) is 0 Å². The summed E-state index contributed by atoms with van der Waals surface area (Å²) in [5.74, 6) is -0.717. The highest BCUT2D eigenvalue weighted by Crippen LogP contribution is 2.19. The Morgan fingerprint density at radius 2 is 1.95 bits per heavy atom. The molecule has 8 heteroatoms. The summed E-state index contributed by atoms with van der Waals surface area (Å²) in [5.41, 5.74) is 4.24. The van der Waals surface area contributed by atoms with Crippen LogP contribution in [0.25, 0.3) is 0 Å². The number of nitrogens with one attached hydrogen (secondary N) is 1. The third-order valence-corrected chi connectivity index (χ3v) is 2.77. The molecule has 1 heterocycles. The van der Waals surface area contributed by atoms with Crippen LogP contribution in [0, 0.1) is 0 Å². The maximum absolute atomic E-state index is 11.9. The molecular weight excluding hydrogens is 296 g/mol. The van der Waals surface area contributed by atoms with Crippen LogP contribution in [0.3, 0.4) is 0 Å². The topological polar surface area (TPSA) is 99.2 Å². The molecule has 1 aromatic heterocycles. The molecule has 0 bridgehead atoms. The van der Waals surface area contributed by atoms with Gasteiger partial charge in [0.05, 0.1) is 24.0 Å². The molecule has 0 spiro atoms. The van der Waals surface area contributed by atoms with E-state index < -0.39 is 11.1 Å². The van der Waals surface area contributed by atoms with Gasteiger partial charge in [-0.05, 0) is 34.6 Å². The van der Waals surface area contributed by atoms with Crippen molar-refractivity contribution < 1.29 is 14.3 Å². The highest BCUT2D eigenvalue weighted by Gasteiger charge is 2.32. The molecule has 21 heavy (non-hydrogen) atoms. The number of carbonyl (C=O) groups excluding carboxylic acids is 2. The lowest BCUT2D eigenvalue weighted by Gasteiger charge is -2.22. The number of rotatable bonds is 5. The minimum atomic E-state index is -0.987. The minimum absolute atomic E-state index is 0. The number of nitrogens with zero attached hydrogens (tertiary/aromatic N) is 2. The molecule has 0 unspecified atom stereocenters. The summed E-state index contributed by atoms with van der Waals surface area (Å²) in [6.45, 7) is 8.64. The summed E-state index contributed by atoms with van der Waals surface area (Å²) < 4.78 is 6.45. The van der Waals surface area contributed by atoms with Gasteiger partial charge < -0.3 is 15.8 Å². The van der Waals surface area contributed by atoms with Crippen LogP contribution >= 0.6 is 12.4 Å². The molecule has 0 aliphatic heterocycles.